The predicted molar refractivity (Wildman–Crippen MR) is 69.5 cm³/mol. The van der Waals surface area contributed by atoms with Crippen molar-refractivity contribution >= 4 is 0 Å². The largest absolute Gasteiger partial charge is 0.382 e. The molecular weight excluding hydrogens is 186 g/mol. The van der Waals surface area contributed by atoms with Crippen molar-refractivity contribution in [2.75, 3.05) is 33.4 Å². The molecule has 2 nitrogen and oxygen atoms in total. The fourth-order valence-electron chi connectivity index (χ4n) is 1.27. The van der Waals surface area contributed by atoms with Crippen LogP contribution in [0.1, 0.15) is 53.4 Å². The molecule has 94 valence electrons. The van der Waals surface area contributed by atoms with Crippen LogP contribution in [0.2, 0.25) is 0 Å². The van der Waals surface area contributed by atoms with E-state index in [0.717, 1.165) is 13.2 Å². The van der Waals surface area contributed by atoms with Gasteiger partial charge in [-0.2, -0.15) is 0 Å². The first-order valence-electron chi connectivity index (χ1n) is 6.57. The van der Waals surface area contributed by atoms with Crippen LogP contribution in [-0.2, 0) is 4.74 Å². The van der Waals surface area contributed by atoms with Crippen molar-refractivity contribution in [3.05, 3.63) is 0 Å². The molecule has 0 aliphatic heterocycles. The molecule has 0 bridgehead atoms. The molecule has 0 spiro atoms. The van der Waals surface area contributed by atoms with E-state index in [1.54, 1.807) is 0 Å². The predicted octanol–water partition coefficient (Wildman–Crippen LogP) is 3.56. The van der Waals surface area contributed by atoms with Gasteiger partial charge in [-0.15, -0.1) is 0 Å². The zero-order valence-electron chi connectivity index (χ0n) is 11.5. The Labute approximate surface area is 97.0 Å². The lowest BCUT2D eigenvalue weighted by molar-refractivity contribution is 0.140. The molecule has 0 radical (unpaired) electrons. The smallest absolute Gasteiger partial charge is 0.0466 e. The van der Waals surface area contributed by atoms with Crippen molar-refractivity contribution < 1.29 is 4.74 Å². The molecule has 0 heterocycles. The number of hydrogen-bond acceptors (Lipinski definition) is 2. The second-order valence-electron chi connectivity index (χ2n) is 3.56. The van der Waals surface area contributed by atoms with Crippen LogP contribution in [-0.4, -0.2) is 38.3 Å². The lowest BCUT2D eigenvalue weighted by Gasteiger charge is -2.15. The molecule has 0 N–H and O–H groups in total. The number of unbranched alkanes of at least 4 members (excludes halogenated alkanes) is 2. The van der Waals surface area contributed by atoms with Gasteiger partial charge in [-0.1, -0.05) is 27.2 Å². The van der Waals surface area contributed by atoms with Crippen molar-refractivity contribution in [3.63, 3.8) is 0 Å². The third-order valence-electron chi connectivity index (χ3n) is 2.18. The van der Waals surface area contributed by atoms with Gasteiger partial charge in [0.2, 0.25) is 0 Å². The van der Waals surface area contributed by atoms with Gasteiger partial charge < -0.3 is 9.64 Å². The van der Waals surface area contributed by atoms with E-state index in [0.29, 0.717) is 0 Å². The molecule has 0 atom stereocenters. The van der Waals surface area contributed by atoms with Gasteiger partial charge in [0.1, 0.15) is 0 Å². The lowest BCUT2D eigenvalue weighted by atomic mass is 10.3. The minimum Gasteiger partial charge on any atom is -0.382 e. The highest BCUT2D eigenvalue weighted by molar-refractivity contribution is 4.51. The Morgan fingerprint density at radius 2 is 1.53 bits per heavy atom. The third kappa shape index (κ3) is 16.6. The summed E-state index contributed by atoms with van der Waals surface area (Å²) in [6.07, 6.45) is 5.08. The highest BCUT2D eigenvalue weighted by atomic mass is 16.5. The molecule has 0 fully saturated rings. The molecule has 0 aromatic heterocycles. The summed E-state index contributed by atoms with van der Waals surface area (Å²) in [6, 6.07) is 0. The Kier molecular flexibility index (Phi) is 18.9. The summed E-state index contributed by atoms with van der Waals surface area (Å²) in [6.45, 7) is 12.5. The van der Waals surface area contributed by atoms with Gasteiger partial charge in [0.05, 0.1) is 0 Å². The first kappa shape index (κ1) is 17.3. The number of rotatable bonds is 9. The molecule has 0 rings (SSSR count). The SMILES string of the molecule is CC.CCCCN(C)CCCCOCC. The molecule has 0 unspecified atom stereocenters. The van der Waals surface area contributed by atoms with E-state index in [1.165, 1.54) is 38.8 Å². The Bertz CT molecular complexity index is 96.5. The minimum atomic E-state index is 0.853. The van der Waals surface area contributed by atoms with Gasteiger partial charge in [-0.3, -0.25) is 0 Å². The monoisotopic (exact) mass is 217 g/mol. The van der Waals surface area contributed by atoms with Gasteiger partial charge in [0.15, 0.2) is 0 Å². The fourth-order valence-corrected chi connectivity index (χ4v) is 1.27. The summed E-state index contributed by atoms with van der Waals surface area (Å²) < 4.78 is 5.28. The van der Waals surface area contributed by atoms with E-state index in [1.807, 2.05) is 20.8 Å². The van der Waals surface area contributed by atoms with Gasteiger partial charge in [-0.05, 0) is 46.3 Å². The van der Waals surface area contributed by atoms with Crippen LogP contribution in [0.25, 0.3) is 0 Å². The van der Waals surface area contributed by atoms with E-state index in [9.17, 15) is 0 Å². The van der Waals surface area contributed by atoms with Gasteiger partial charge >= 0.3 is 0 Å². The molecule has 0 saturated carbocycles. The normalized spacial score (nSPS) is 10.0. The summed E-state index contributed by atoms with van der Waals surface area (Å²) in [5.41, 5.74) is 0. The quantitative estimate of drug-likeness (QED) is 0.548. The Morgan fingerprint density at radius 1 is 0.933 bits per heavy atom. The molecule has 0 aliphatic rings. The van der Waals surface area contributed by atoms with E-state index < -0.39 is 0 Å². The number of hydrogen-bond donors (Lipinski definition) is 0. The summed E-state index contributed by atoms with van der Waals surface area (Å²) >= 11 is 0. The van der Waals surface area contributed by atoms with Crippen LogP contribution in [0.5, 0.6) is 0 Å². The van der Waals surface area contributed by atoms with Crippen molar-refractivity contribution in [2.45, 2.75) is 53.4 Å². The fraction of sp³-hybridized carbons (Fsp3) is 1.00. The van der Waals surface area contributed by atoms with E-state index >= 15 is 0 Å². The topological polar surface area (TPSA) is 12.5 Å². The molecule has 0 aromatic carbocycles. The summed E-state index contributed by atoms with van der Waals surface area (Å²) in [5.74, 6) is 0. The van der Waals surface area contributed by atoms with Gasteiger partial charge in [0, 0.05) is 13.2 Å². The van der Waals surface area contributed by atoms with Crippen LogP contribution in [0, 0.1) is 0 Å². The highest BCUT2D eigenvalue weighted by Gasteiger charge is 1.96. The maximum absolute atomic E-state index is 5.28. The zero-order valence-corrected chi connectivity index (χ0v) is 11.5. The van der Waals surface area contributed by atoms with Crippen LogP contribution >= 0.6 is 0 Å². The van der Waals surface area contributed by atoms with Crippen molar-refractivity contribution in [1.29, 1.82) is 0 Å². The first-order chi connectivity index (χ1) is 7.31. The van der Waals surface area contributed by atoms with Crippen molar-refractivity contribution in [1.82, 2.24) is 4.90 Å². The lowest BCUT2D eigenvalue weighted by Crippen LogP contribution is -2.21. The Morgan fingerprint density at radius 3 is 2.07 bits per heavy atom. The second-order valence-corrected chi connectivity index (χ2v) is 3.56. The maximum Gasteiger partial charge on any atom is 0.0466 e. The number of ether oxygens (including phenoxy) is 1. The maximum atomic E-state index is 5.28. The van der Waals surface area contributed by atoms with Crippen LogP contribution in [0.15, 0.2) is 0 Å². The average Bonchev–Trinajstić information content (AvgIpc) is 2.29. The minimum absolute atomic E-state index is 0.853. The van der Waals surface area contributed by atoms with Crippen molar-refractivity contribution in [3.8, 4) is 0 Å². The number of nitrogens with zero attached hydrogens (tertiary/aromatic N) is 1. The Balaban J connectivity index is 0. The zero-order chi connectivity index (χ0) is 11.9. The van der Waals surface area contributed by atoms with E-state index in [4.69, 9.17) is 4.74 Å². The Hall–Kier alpha value is -0.0800. The van der Waals surface area contributed by atoms with E-state index in [2.05, 4.69) is 18.9 Å². The average molecular weight is 217 g/mol. The molecule has 2 heteroatoms. The van der Waals surface area contributed by atoms with Crippen LogP contribution in [0.3, 0.4) is 0 Å². The molecule has 0 saturated heterocycles. The summed E-state index contributed by atoms with van der Waals surface area (Å²) in [7, 11) is 2.20. The van der Waals surface area contributed by atoms with Crippen molar-refractivity contribution in [2.24, 2.45) is 0 Å². The molecule has 15 heavy (non-hydrogen) atoms. The molecule has 0 aromatic rings. The molecule has 0 amide bonds. The standard InChI is InChI=1S/C11H25NO.C2H6/c1-4-6-9-12(3)10-7-8-11-13-5-2;1-2/h4-11H2,1-3H3;1-2H3. The van der Waals surface area contributed by atoms with Gasteiger partial charge in [-0.25, -0.2) is 0 Å². The highest BCUT2D eigenvalue weighted by Crippen LogP contribution is 1.96. The van der Waals surface area contributed by atoms with Gasteiger partial charge in [0.25, 0.3) is 0 Å². The second kappa shape index (κ2) is 16.4. The van der Waals surface area contributed by atoms with Crippen LogP contribution in [0.4, 0.5) is 0 Å². The summed E-state index contributed by atoms with van der Waals surface area (Å²) in [5, 5.41) is 0. The first-order valence-corrected chi connectivity index (χ1v) is 6.57. The summed E-state index contributed by atoms with van der Waals surface area (Å²) in [4.78, 5) is 2.41. The third-order valence-corrected chi connectivity index (χ3v) is 2.18. The molecular formula is C13H31NO. The van der Waals surface area contributed by atoms with Crippen LogP contribution < -0.4 is 0 Å². The van der Waals surface area contributed by atoms with E-state index in [-0.39, 0.29) is 0 Å². The molecule has 0 aliphatic carbocycles.